The third-order valence-corrected chi connectivity index (χ3v) is 5.75. The Hall–Kier alpha value is -2.51. The number of hydrogen-bond acceptors (Lipinski definition) is 5. The first-order valence-corrected chi connectivity index (χ1v) is 9.89. The van der Waals surface area contributed by atoms with Crippen molar-refractivity contribution in [2.45, 2.75) is 31.0 Å². The summed E-state index contributed by atoms with van der Waals surface area (Å²) in [4.78, 5) is 39.5. The summed E-state index contributed by atoms with van der Waals surface area (Å²) in [6.07, 6.45) is 0.809. The Kier molecular flexibility index (Phi) is 5.05. The number of nitrogens with one attached hydrogen (secondary N) is 1. The van der Waals surface area contributed by atoms with Gasteiger partial charge in [0.2, 0.25) is 5.91 Å². The van der Waals surface area contributed by atoms with Crippen molar-refractivity contribution in [2.24, 2.45) is 0 Å². The normalized spacial score (nSPS) is 22.5. The Labute approximate surface area is 161 Å². The molecule has 0 saturated carbocycles. The van der Waals surface area contributed by atoms with Crippen molar-refractivity contribution in [2.75, 3.05) is 13.2 Å². The molecule has 2 saturated heterocycles. The van der Waals surface area contributed by atoms with Crippen LogP contribution < -0.4 is 5.32 Å². The SMILES string of the molecule is O=C(N[C@@H](Cc1ccccc1)C(=O)N1CCC2OCC(=O)C21)c1ccsc1. The first kappa shape index (κ1) is 17.9. The molecule has 140 valence electrons. The number of thiophene rings is 1. The van der Waals surface area contributed by atoms with Gasteiger partial charge in [0, 0.05) is 18.3 Å². The number of carbonyl (C=O) groups is 3. The summed E-state index contributed by atoms with van der Waals surface area (Å²) in [7, 11) is 0. The molecule has 1 N–H and O–H groups in total. The predicted octanol–water partition coefficient (Wildman–Crippen LogP) is 1.66. The minimum absolute atomic E-state index is 0.0593. The Bertz CT molecular complexity index is 837. The third-order valence-electron chi connectivity index (χ3n) is 5.06. The highest BCUT2D eigenvalue weighted by atomic mass is 32.1. The lowest BCUT2D eigenvalue weighted by Crippen LogP contribution is -2.53. The maximum Gasteiger partial charge on any atom is 0.252 e. The van der Waals surface area contributed by atoms with Crippen molar-refractivity contribution >= 4 is 28.9 Å². The first-order valence-electron chi connectivity index (χ1n) is 8.95. The van der Waals surface area contributed by atoms with Crippen LogP contribution in [-0.2, 0) is 20.7 Å². The maximum absolute atomic E-state index is 13.2. The van der Waals surface area contributed by atoms with Gasteiger partial charge in [-0.25, -0.2) is 0 Å². The van der Waals surface area contributed by atoms with E-state index in [1.165, 1.54) is 11.3 Å². The van der Waals surface area contributed by atoms with E-state index in [-0.39, 0.29) is 30.3 Å². The second kappa shape index (κ2) is 7.62. The molecular weight excluding hydrogens is 364 g/mol. The number of amides is 2. The lowest BCUT2D eigenvalue weighted by molar-refractivity contribution is -0.138. The van der Waals surface area contributed by atoms with Gasteiger partial charge in [0.15, 0.2) is 5.78 Å². The molecule has 2 amide bonds. The van der Waals surface area contributed by atoms with Gasteiger partial charge in [-0.05, 0) is 23.4 Å². The van der Waals surface area contributed by atoms with Crippen LogP contribution in [-0.4, -0.2) is 53.8 Å². The monoisotopic (exact) mass is 384 g/mol. The molecule has 0 aliphatic carbocycles. The van der Waals surface area contributed by atoms with Crippen LogP contribution in [0.5, 0.6) is 0 Å². The van der Waals surface area contributed by atoms with Crippen molar-refractivity contribution in [3.63, 3.8) is 0 Å². The second-order valence-electron chi connectivity index (χ2n) is 6.81. The zero-order valence-corrected chi connectivity index (χ0v) is 15.5. The quantitative estimate of drug-likeness (QED) is 0.851. The molecule has 2 unspecified atom stereocenters. The van der Waals surface area contributed by atoms with E-state index in [0.29, 0.717) is 24.9 Å². The summed E-state index contributed by atoms with van der Waals surface area (Å²) in [5, 5.41) is 6.44. The molecule has 3 atom stereocenters. The van der Waals surface area contributed by atoms with Crippen LogP contribution in [0.3, 0.4) is 0 Å². The number of rotatable bonds is 5. The molecule has 0 bridgehead atoms. The zero-order valence-electron chi connectivity index (χ0n) is 14.7. The molecule has 27 heavy (non-hydrogen) atoms. The number of likely N-dealkylation sites (tertiary alicyclic amines) is 1. The zero-order chi connectivity index (χ0) is 18.8. The van der Waals surface area contributed by atoms with E-state index in [9.17, 15) is 14.4 Å². The molecule has 2 aromatic rings. The number of hydrogen-bond donors (Lipinski definition) is 1. The fourth-order valence-corrected chi connectivity index (χ4v) is 4.36. The predicted molar refractivity (Wildman–Crippen MR) is 101 cm³/mol. The first-order chi connectivity index (χ1) is 13.1. The third kappa shape index (κ3) is 3.65. The van der Waals surface area contributed by atoms with Crippen LogP contribution in [0, 0.1) is 0 Å². The van der Waals surface area contributed by atoms with Crippen molar-refractivity contribution in [3.05, 3.63) is 58.3 Å². The summed E-state index contributed by atoms with van der Waals surface area (Å²) in [5.74, 6) is -0.572. The fourth-order valence-electron chi connectivity index (χ4n) is 3.73. The van der Waals surface area contributed by atoms with Gasteiger partial charge in [0.1, 0.15) is 18.7 Å². The average molecular weight is 384 g/mol. The molecule has 1 aromatic carbocycles. The molecule has 4 rings (SSSR count). The molecule has 2 aliphatic heterocycles. The van der Waals surface area contributed by atoms with Crippen LogP contribution >= 0.6 is 11.3 Å². The number of ketones is 1. The van der Waals surface area contributed by atoms with E-state index in [2.05, 4.69) is 5.32 Å². The van der Waals surface area contributed by atoms with E-state index in [0.717, 1.165) is 5.56 Å². The van der Waals surface area contributed by atoms with Crippen LogP contribution in [0.1, 0.15) is 22.3 Å². The summed E-state index contributed by atoms with van der Waals surface area (Å²) >= 11 is 1.43. The molecule has 6 nitrogen and oxygen atoms in total. The van der Waals surface area contributed by atoms with Crippen molar-refractivity contribution in [3.8, 4) is 0 Å². The van der Waals surface area contributed by atoms with Gasteiger partial charge in [0.05, 0.1) is 11.7 Å². The van der Waals surface area contributed by atoms with Gasteiger partial charge in [-0.3, -0.25) is 14.4 Å². The topological polar surface area (TPSA) is 75.7 Å². The lowest BCUT2D eigenvalue weighted by atomic mass is 10.0. The fraction of sp³-hybridized carbons (Fsp3) is 0.350. The van der Waals surface area contributed by atoms with Gasteiger partial charge in [-0.1, -0.05) is 30.3 Å². The molecule has 2 fully saturated rings. The molecule has 3 heterocycles. The van der Waals surface area contributed by atoms with Gasteiger partial charge < -0.3 is 15.0 Å². The molecule has 7 heteroatoms. The van der Waals surface area contributed by atoms with Crippen LogP contribution in [0.4, 0.5) is 0 Å². The molecule has 0 spiro atoms. The van der Waals surface area contributed by atoms with E-state index in [4.69, 9.17) is 4.74 Å². The Balaban J connectivity index is 1.55. The van der Waals surface area contributed by atoms with Crippen molar-refractivity contribution < 1.29 is 19.1 Å². The Morgan fingerprint density at radius 2 is 2.07 bits per heavy atom. The second-order valence-corrected chi connectivity index (χ2v) is 7.59. The summed E-state index contributed by atoms with van der Waals surface area (Å²) in [5.41, 5.74) is 1.48. The number of Topliss-reactive ketones (excluding diaryl/α,β-unsaturated/α-hetero) is 1. The highest BCUT2D eigenvalue weighted by Crippen LogP contribution is 2.28. The summed E-state index contributed by atoms with van der Waals surface area (Å²) < 4.78 is 5.48. The summed E-state index contributed by atoms with van der Waals surface area (Å²) in [6.45, 7) is 0.531. The van der Waals surface area contributed by atoms with E-state index >= 15 is 0 Å². The molecule has 0 radical (unpaired) electrons. The summed E-state index contributed by atoms with van der Waals surface area (Å²) in [6, 6.07) is 10.0. The van der Waals surface area contributed by atoms with Crippen LogP contribution in [0.2, 0.25) is 0 Å². The lowest BCUT2D eigenvalue weighted by Gasteiger charge is -2.27. The minimum atomic E-state index is -0.730. The Morgan fingerprint density at radius 3 is 2.81 bits per heavy atom. The molecular formula is C20H20N2O4S. The Morgan fingerprint density at radius 1 is 1.26 bits per heavy atom. The highest BCUT2D eigenvalue weighted by Gasteiger charge is 2.48. The number of fused-ring (bicyclic) bond motifs is 1. The standard InChI is InChI=1S/C20H20N2O4S/c23-16-11-26-17-6-8-22(18(16)17)20(25)15(10-13-4-2-1-3-5-13)21-19(24)14-7-9-27-12-14/h1-5,7,9,12,15,17-18H,6,8,10-11H2,(H,21,24)/t15-,17?,18?/m0/s1. The van der Waals surface area contributed by atoms with Gasteiger partial charge in [-0.15, -0.1) is 0 Å². The smallest absolute Gasteiger partial charge is 0.252 e. The maximum atomic E-state index is 13.2. The van der Waals surface area contributed by atoms with E-state index in [1.807, 2.05) is 35.7 Å². The van der Waals surface area contributed by atoms with Gasteiger partial charge in [0.25, 0.3) is 5.91 Å². The number of ether oxygens (including phenoxy) is 1. The molecule has 1 aromatic heterocycles. The average Bonchev–Trinajstić information content (AvgIpc) is 3.41. The molecule has 2 aliphatic rings. The van der Waals surface area contributed by atoms with Crippen molar-refractivity contribution in [1.29, 1.82) is 0 Å². The van der Waals surface area contributed by atoms with Crippen LogP contribution in [0.25, 0.3) is 0 Å². The number of carbonyl (C=O) groups excluding carboxylic acids is 3. The van der Waals surface area contributed by atoms with E-state index < -0.39 is 12.1 Å². The minimum Gasteiger partial charge on any atom is -0.368 e. The van der Waals surface area contributed by atoms with Crippen LogP contribution in [0.15, 0.2) is 47.2 Å². The van der Waals surface area contributed by atoms with Gasteiger partial charge >= 0.3 is 0 Å². The van der Waals surface area contributed by atoms with Gasteiger partial charge in [-0.2, -0.15) is 11.3 Å². The largest absolute Gasteiger partial charge is 0.368 e. The highest BCUT2D eigenvalue weighted by molar-refractivity contribution is 7.08. The van der Waals surface area contributed by atoms with Crippen molar-refractivity contribution in [1.82, 2.24) is 10.2 Å². The van der Waals surface area contributed by atoms with E-state index in [1.54, 1.807) is 16.3 Å². The number of nitrogens with zero attached hydrogens (tertiary/aromatic N) is 1. The number of benzene rings is 1.